The van der Waals surface area contributed by atoms with Crippen molar-refractivity contribution in [2.75, 3.05) is 5.32 Å². The van der Waals surface area contributed by atoms with E-state index in [9.17, 15) is 0 Å². The minimum atomic E-state index is 0.306. The molecular weight excluding hydrogens is 212 g/mol. The Morgan fingerprint density at radius 1 is 1.18 bits per heavy atom. The van der Waals surface area contributed by atoms with E-state index >= 15 is 0 Å². The Bertz CT molecular complexity index is 554. The largest absolute Gasteiger partial charge is 0.464 e. The van der Waals surface area contributed by atoms with Gasteiger partial charge in [0, 0.05) is 12.2 Å². The van der Waals surface area contributed by atoms with Crippen molar-refractivity contribution in [3.63, 3.8) is 0 Å². The Balaban J connectivity index is 1.95. The van der Waals surface area contributed by atoms with E-state index in [-0.39, 0.29) is 0 Å². The van der Waals surface area contributed by atoms with Crippen molar-refractivity contribution in [3.8, 4) is 0 Å². The zero-order valence-corrected chi connectivity index (χ0v) is 10.7. The normalized spacial score (nSPS) is 21.6. The summed E-state index contributed by atoms with van der Waals surface area (Å²) in [5, 5.41) is 4.62. The van der Waals surface area contributed by atoms with Crippen molar-refractivity contribution in [1.82, 2.24) is 4.98 Å². The van der Waals surface area contributed by atoms with E-state index in [0.29, 0.717) is 16.9 Å². The SMILES string of the molecule is CC1(C)C(Nc2nccc3occc23)C1(C)C. The van der Waals surface area contributed by atoms with Crippen molar-refractivity contribution >= 4 is 16.8 Å². The molecule has 0 unspecified atom stereocenters. The van der Waals surface area contributed by atoms with E-state index in [1.54, 1.807) is 12.5 Å². The molecular formula is C14H18N2O. The Hall–Kier alpha value is -1.51. The first-order chi connectivity index (χ1) is 7.94. The molecule has 1 N–H and O–H groups in total. The molecule has 0 spiro atoms. The highest BCUT2D eigenvalue weighted by Gasteiger charge is 2.65. The van der Waals surface area contributed by atoms with Gasteiger partial charge in [0.1, 0.15) is 11.4 Å². The van der Waals surface area contributed by atoms with Crippen molar-refractivity contribution in [2.45, 2.75) is 33.7 Å². The summed E-state index contributed by atoms with van der Waals surface area (Å²) in [6.07, 6.45) is 3.50. The number of nitrogens with zero attached hydrogens (tertiary/aromatic N) is 1. The van der Waals surface area contributed by atoms with Gasteiger partial charge in [-0.1, -0.05) is 27.7 Å². The number of anilines is 1. The van der Waals surface area contributed by atoms with Gasteiger partial charge in [-0.25, -0.2) is 4.98 Å². The number of hydrogen-bond acceptors (Lipinski definition) is 3. The predicted octanol–water partition coefficient (Wildman–Crippen LogP) is 3.67. The molecule has 0 saturated heterocycles. The standard InChI is InChI=1S/C14H18N2O/c1-13(2)12(14(13,3)4)16-11-9-6-8-17-10(9)5-7-15-11/h5-8,12H,1-4H3,(H,15,16). The lowest BCUT2D eigenvalue weighted by molar-refractivity contribution is 0.457. The summed E-state index contributed by atoms with van der Waals surface area (Å²) in [6, 6.07) is 4.32. The van der Waals surface area contributed by atoms with E-state index in [0.717, 1.165) is 16.8 Å². The van der Waals surface area contributed by atoms with Crippen LogP contribution in [0.15, 0.2) is 29.0 Å². The molecule has 0 amide bonds. The van der Waals surface area contributed by atoms with Crippen LogP contribution in [0.1, 0.15) is 27.7 Å². The van der Waals surface area contributed by atoms with E-state index in [1.165, 1.54) is 0 Å². The molecule has 1 aliphatic carbocycles. The van der Waals surface area contributed by atoms with Crippen LogP contribution in [-0.2, 0) is 0 Å². The van der Waals surface area contributed by atoms with Crippen LogP contribution in [0.3, 0.4) is 0 Å². The number of nitrogens with one attached hydrogen (secondary N) is 1. The van der Waals surface area contributed by atoms with Gasteiger partial charge in [0.15, 0.2) is 0 Å². The molecule has 90 valence electrons. The fraction of sp³-hybridized carbons (Fsp3) is 0.500. The summed E-state index contributed by atoms with van der Waals surface area (Å²) in [6.45, 7) is 9.17. The summed E-state index contributed by atoms with van der Waals surface area (Å²) in [5.41, 5.74) is 1.50. The number of rotatable bonds is 2. The van der Waals surface area contributed by atoms with E-state index in [1.807, 2.05) is 12.1 Å². The first kappa shape index (κ1) is 10.6. The van der Waals surface area contributed by atoms with Gasteiger partial charge in [0.25, 0.3) is 0 Å². The van der Waals surface area contributed by atoms with Gasteiger partial charge in [-0.05, 0) is 23.0 Å². The zero-order valence-electron chi connectivity index (χ0n) is 10.7. The first-order valence-electron chi connectivity index (χ1n) is 6.03. The Morgan fingerprint density at radius 2 is 1.88 bits per heavy atom. The summed E-state index contributed by atoms with van der Waals surface area (Å²) in [4.78, 5) is 4.42. The number of fused-ring (bicyclic) bond motifs is 1. The third kappa shape index (κ3) is 1.31. The lowest BCUT2D eigenvalue weighted by atomic mass is 10.0. The average molecular weight is 230 g/mol. The third-order valence-electron chi connectivity index (χ3n) is 4.68. The highest BCUT2D eigenvalue weighted by atomic mass is 16.3. The van der Waals surface area contributed by atoms with Crippen LogP contribution < -0.4 is 5.32 Å². The van der Waals surface area contributed by atoms with Crippen LogP contribution in [0, 0.1) is 10.8 Å². The molecule has 3 rings (SSSR count). The molecule has 0 aliphatic heterocycles. The average Bonchev–Trinajstić information content (AvgIpc) is 2.68. The van der Waals surface area contributed by atoms with Gasteiger partial charge in [0.2, 0.25) is 0 Å². The molecule has 1 aliphatic rings. The second kappa shape index (κ2) is 3.03. The molecule has 0 atom stereocenters. The van der Waals surface area contributed by atoms with Crippen molar-refractivity contribution in [1.29, 1.82) is 0 Å². The Kier molecular flexibility index (Phi) is 1.90. The fourth-order valence-corrected chi connectivity index (χ4v) is 2.70. The first-order valence-corrected chi connectivity index (χ1v) is 6.03. The molecule has 2 heterocycles. The van der Waals surface area contributed by atoms with Gasteiger partial charge < -0.3 is 9.73 Å². The summed E-state index contributed by atoms with van der Waals surface area (Å²) >= 11 is 0. The predicted molar refractivity (Wildman–Crippen MR) is 69.0 cm³/mol. The molecule has 1 fully saturated rings. The smallest absolute Gasteiger partial charge is 0.139 e. The van der Waals surface area contributed by atoms with Crippen molar-refractivity contribution in [3.05, 3.63) is 24.6 Å². The van der Waals surface area contributed by atoms with Gasteiger partial charge in [-0.3, -0.25) is 0 Å². The highest BCUT2D eigenvalue weighted by molar-refractivity contribution is 5.88. The van der Waals surface area contributed by atoms with Gasteiger partial charge in [0.05, 0.1) is 11.6 Å². The molecule has 2 aromatic heterocycles. The number of hydrogen-bond donors (Lipinski definition) is 1. The maximum atomic E-state index is 5.38. The second-order valence-electron chi connectivity index (χ2n) is 6.01. The zero-order chi connectivity index (χ0) is 12.3. The number of aromatic nitrogens is 1. The van der Waals surface area contributed by atoms with E-state index < -0.39 is 0 Å². The lowest BCUT2D eigenvalue weighted by Crippen LogP contribution is -2.11. The van der Waals surface area contributed by atoms with E-state index in [2.05, 4.69) is 38.0 Å². The summed E-state index contributed by atoms with van der Waals surface area (Å²) < 4.78 is 5.38. The number of pyridine rings is 1. The highest BCUT2D eigenvalue weighted by Crippen LogP contribution is 2.63. The third-order valence-corrected chi connectivity index (χ3v) is 4.68. The molecule has 0 radical (unpaired) electrons. The molecule has 3 nitrogen and oxygen atoms in total. The van der Waals surface area contributed by atoms with Crippen LogP contribution in [0.5, 0.6) is 0 Å². The summed E-state index contributed by atoms with van der Waals surface area (Å²) in [7, 11) is 0. The van der Waals surface area contributed by atoms with Crippen molar-refractivity contribution in [2.24, 2.45) is 10.8 Å². The van der Waals surface area contributed by atoms with Gasteiger partial charge >= 0.3 is 0 Å². The quantitative estimate of drug-likeness (QED) is 0.855. The van der Waals surface area contributed by atoms with Gasteiger partial charge in [-0.15, -0.1) is 0 Å². The maximum absolute atomic E-state index is 5.38. The van der Waals surface area contributed by atoms with Crippen LogP contribution in [-0.4, -0.2) is 11.0 Å². The molecule has 3 heteroatoms. The van der Waals surface area contributed by atoms with Crippen LogP contribution >= 0.6 is 0 Å². The molecule has 17 heavy (non-hydrogen) atoms. The van der Waals surface area contributed by atoms with Gasteiger partial charge in [-0.2, -0.15) is 0 Å². The minimum Gasteiger partial charge on any atom is -0.464 e. The van der Waals surface area contributed by atoms with Crippen LogP contribution in [0.4, 0.5) is 5.82 Å². The monoisotopic (exact) mass is 230 g/mol. The van der Waals surface area contributed by atoms with Crippen molar-refractivity contribution < 1.29 is 4.42 Å². The maximum Gasteiger partial charge on any atom is 0.139 e. The Morgan fingerprint density at radius 3 is 2.53 bits per heavy atom. The lowest BCUT2D eigenvalue weighted by Gasteiger charge is -2.07. The topological polar surface area (TPSA) is 38.1 Å². The van der Waals surface area contributed by atoms with Crippen LogP contribution in [0.25, 0.3) is 11.0 Å². The molecule has 0 bridgehead atoms. The fourth-order valence-electron chi connectivity index (χ4n) is 2.70. The Labute approximate surface area is 101 Å². The molecule has 0 aromatic carbocycles. The second-order valence-corrected chi connectivity index (χ2v) is 6.01. The number of furan rings is 1. The molecule has 1 saturated carbocycles. The molecule has 2 aromatic rings. The van der Waals surface area contributed by atoms with Crippen LogP contribution in [0.2, 0.25) is 0 Å². The summed E-state index contributed by atoms with van der Waals surface area (Å²) in [5.74, 6) is 0.930. The van der Waals surface area contributed by atoms with E-state index in [4.69, 9.17) is 4.42 Å². The minimum absolute atomic E-state index is 0.306.